The Morgan fingerprint density at radius 2 is 1.79 bits per heavy atom. The van der Waals surface area contributed by atoms with Gasteiger partial charge in [0.1, 0.15) is 11.6 Å². The Bertz CT molecular complexity index is 962. The Hall–Kier alpha value is -2.95. The molecule has 2 aromatic rings. The van der Waals surface area contributed by atoms with E-state index in [1.807, 2.05) is 36.7 Å². The summed E-state index contributed by atoms with van der Waals surface area (Å²) in [5.74, 6) is 2.77. The molecule has 0 saturated heterocycles. The molecule has 1 aromatic heterocycles. The predicted octanol–water partition coefficient (Wildman–Crippen LogP) is 6.36. The van der Waals surface area contributed by atoms with E-state index >= 15 is 0 Å². The van der Waals surface area contributed by atoms with E-state index in [1.54, 1.807) is 0 Å². The number of ether oxygens (including phenoxy) is 2. The number of rotatable bonds is 11. The van der Waals surface area contributed by atoms with E-state index in [9.17, 15) is 0 Å². The number of aromatic nitrogens is 2. The van der Waals surface area contributed by atoms with E-state index in [0.29, 0.717) is 25.0 Å². The molecule has 174 valence electrons. The molecule has 1 unspecified atom stereocenters. The molecule has 1 aliphatic heterocycles. The van der Waals surface area contributed by atoms with Gasteiger partial charge in [0, 0.05) is 30.3 Å². The van der Waals surface area contributed by atoms with Gasteiger partial charge in [-0.2, -0.15) is 0 Å². The molecule has 0 bridgehead atoms. The van der Waals surface area contributed by atoms with Crippen LogP contribution in [0.4, 0.5) is 0 Å². The second kappa shape index (κ2) is 12.3. The van der Waals surface area contributed by atoms with Crippen LogP contribution in [0, 0.1) is 5.92 Å². The molecule has 5 nitrogen and oxygen atoms in total. The zero-order valence-electron chi connectivity index (χ0n) is 19.7. The van der Waals surface area contributed by atoms with Crippen LogP contribution in [0.15, 0.2) is 65.5 Å². The van der Waals surface area contributed by atoms with Crippen molar-refractivity contribution in [2.75, 3.05) is 19.8 Å². The molecule has 1 aromatic carbocycles. The molecule has 1 aliphatic carbocycles. The summed E-state index contributed by atoms with van der Waals surface area (Å²) in [7, 11) is 0. The normalized spacial score (nSPS) is 17.8. The lowest BCUT2D eigenvalue weighted by atomic mass is 9.94. The van der Waals surface area contributed by atoms with Gasteiger partial charge >= 0.3 is 0 Å². The molecule has 0 N–H and O–H groups in total. The average molecular weight is 446 g/mol. The van der Waals surface area contributed by atoms with E-state index in [2.05, 4.69) is 40.1 Å². The number of hydrogen-bond donors (Lipinski definition) is 0. The fraction of sp³-hybridized carbons (Fsp3) is 0.464. The zero-order chi connectivity index (χ0) is 22.7. The molecular weight excluding hydrogens is 410 g/mol. The van der Waals surface area contributed by atoms with Gasteiger partial charge in [-0.1, -0.05) is 63.0 Å². The Kier molecular flexibility index (Phi) is 8.68. The fourth-order valence-electron chi connectivity index (χ4n) is 4.14. The molecule has 33 heavy (non-hydrogen) atoms. The number of benzene rings is 1. The zero-order valence-corrected chi connectivity index (χ0v) is 19.7. The molecule has 0 fully saturated rings. The van der Waals surface area contributed by atoms with Crippen molar-refractivity contribution < 1.29 is 9.47 Å². The van der Waals surface area contributed by atoms with E-state index in [-0.39, 0.29) is 0 Å². The Morgan fingerprint density at radius 3 is 2.48 bits per heavy atom. The van der Waals surface area contributed by atoms with E-state index in [0.717, 1.165) is 54.9 Å². The number of nitrogens with zero attached hydrogens (tertiary/aromatic N) is 3. The standard InChI is InChI=1S/C28H35N3O2/c1-2-3-4-5-9-12-27-29-17-24(18-30-27)23-13-15-26(16-14-23)32-21-28-31-19-25(20-33-28)22-10-7-6-8-11-22/h7,10-11,13-18,25H,2-6,8-9,12,19-21H2,1H3. The number of aliphatic imine (C=N–C) groups is 1. The van der Waals surface area contributed by atoms with E-state index in [1.165, 1.54) is 31.3 Å². The van der Waals surface area contributed by atoms with Gasteiger partial charge in [-0.15, -0.1) is 0 Å². The minimum atomic E-state index is 0.358. The molecule has 2 heterocycles. The molecule has 0 spiro atoms. The highest BCUT2D eigenvalue weighted by Crippen LogP contribution is 2.23. The number of allylic oxidation sites excluding steroid dienone is 3. The van der Waals surface area contributed by atoms with Crippen molar-refractivity contribution in [1.82, 2.24) is 9.97 Å². The van der Waals surface area contributed by atoms with E-state index < -0.39 is 0 Å². The van der Waals surface area contributed by atoms with Crippen molar-refractivity contribution in [3.8, 4) is 16.9 Å². The van der Waals surface area contributed by atoms with Crippen molar-refractivity contribution in [1.29, 1.82) is 0 Å². The van der Waals surface area contributed by atoms with Gasteiger partial charge in [-0.3, -0.25) is 4.99 Å². The lowest BCUT2D eigenvalue weighted by Gasteiger charge is -2.24. The minimum Gasteiger partial charge on any atom is -0.484 e. The maximum atomic E-state index is 5.89. The van der Waals surface area contributed by atoms with Gasteiger partial charge in [-0.25, -0.2) is 9.97 Å². The second-order valence-electron chi connectivity index (χ2n) is 8.79. The third kappa shape index (κ3) is 7.01. The van der Waals surface area contributed by atoms with Crippen LogP contribution in [0.2, 0.25) is 0 Å². The molecule has 1 atom stereocenters. The van der Waals surface area contributed by atoms with Gasteiger partial charge in [0.15, 0.2) is 6.61 Å². The first-order valence-electron chi connectivity index (χ1n) is 12.4. The van der Waals surface area contributed by atoms with Gasteiger partial charge in [0.25, 0.3) is 0 Å². The van der Waals surface area contributed by atoms with Crippen LogP contribution in [0.1, 0.15) is 57.7 Å². The Labute approximate surface area is 197 Å². The molecule has 0 amide bonds. The largest absolute Gasteiger partial charge is 0.484 e. The van der Waals surface area contributed by atoms with Crippen molar-refractivity contribution in [2.24, 2.45) is 10.9 Å². The topological polar surface area (TPSA) is 56.6 Å². The molecule has 0 saturated carbocycles. The first kappa shape index (κ1) is 23.2. The van der Waals surface area contributed by atoms with Crippen LogP contribution < -0.4 is 4.74 Å². The summed E-state index contributed by atoms with van der Waals surface area (Å²) < 4.78 is 11.7. The van der Waals surface area contributed by atoms with Crippen molar-refractivity contribution in [3.63, 3.8) is 0 Å². The first-order chi connectivity index (χ1) is 16.3. The average Bonchev–Trinajstić information content (AvgIpc) is 2.89. The smallest absolute Gasteiger partial charge is 0.222 e. The minimum absolute atomic E-state index is 0.358. The second-order valence-corrected chi connectivity index (χ2v) is 8.79. The lowest BCUT2D eigenvalue weighted by molar-refractivity contribution is 0.214. The molecule has 4 rings (SSSR count). The van der Waals surface area contributed by atoms with E-state index in [4.69, 9.17) is 9.47 Å². The van der Waals surface area contributed by atoms with Crippen molar-refractivity contribution in [3.05, 3.63) is 66.3 Å². The van der Waals surface area contributed by atoms with Crippen LogP contribution in [0.5, 0.6) is 5.75 Å². The van der Waals surface area contributed by atoms with Crippen molar-refractivity contribution in [2.45, 2.75) is 58.3 Å². The quantitative estimate of drug-likeness (QED) is 0.378. The summed E-state index contributed by atoms with van der Waals surface area (Å²) in [5.41, 5.74) is 3.46. The summed E-state index contributed by atoms with van der Waals surface area (Å²) in [6.07, 6.45) is 20.1. The summed E-state index contributed by atoms with van der Waals surface area (Å²) in [5, 5.41) is 0. The summed E-state index contributed by atoms with van der Waals surface area (Å²) in [4.78, 5) is 13.7. The molecule has 5 heteroatoms. The van der Waals surface area contributed by atoms with Gasteiger partial charge < -0.3 is 9.47 Å². The maximum Gasteiger partial charge on any atom is 0.222 e. The first-order valence-corrected chi connectivity index (χ1v) is 12.4. The number of aryl methyl sites for hydroxylation is 1. The summed E-state index contributed by atoms with van der Waals surface area (Å²) >= 11 is 0. The van der Waals surface area contributed by atoms with Crippen LogP contribution in [-0.4, -0.2) is 35.6 Å². The van der Waals surface area contributed by atoms with Crippen LogP contribution in [0.25, 0.3) is 11.1 Å². The monoisotopic (exact) mass is 445 g/mol. The third-order valence-corrected chi connectivity index (χ3v) is 6.19. The summed E-state index contributed by atoms with van der Waals surface area (Å²) in [6.45, 7) is 4.04. The highest BCUT2D eigenvalue weighted by Gasteiger charge is 2.20. The Balaban J connectivity index is 1.23. The highest BCUT2D eigenvalue weighted by atomic mass is 16.5. The highest BCUT2D eigenvalue weighted by molar-refractivity contribution is 5.78. The van der Waals surface area contributed by atoms with Gasteiger partial charge in [0.05, 0.1) is 13.2 Å². The van der Waals surface area contributed by atoms with Crippen LogP contribution in [0.3, 0.4) is 0 Å². The third-order valence-electron chi connectivity index (χ3n) is 6.19. The number of hydrogen-bond acceptors (Lipinski definition) is 5. The van der Waals surface area contributed by atoms with Gasteiger partial charge in [-0.05, 0) is 42.5 Å². The Morgan fingerprint density at radius 1 is 0.970 bits per heavy atom. The maximum absolute atomic E-state index is 5.89. The molecular formula is C28H35N3O2. The van der Waals surface area contributed by atoms with Crippen LogP contribution in [-0.2, 0) is 11.2 Å². The fourth-order valence-corrected chi connectivity index (χ4v) is 4.14. The van der Waals surface area contributed by atoms with Crippen molar-refractivity contribution >= 4 is 5.90 Å². The lowest BCUT2D eigenvalue weighted by Crippen LogP contribution is -2.28. The molecule has 2 aliphatic rings. The van der Waals surface area contributed by atoms with Gasteiger partial charge in [0.2, 0.25) is 5.90 Å². The predicted molar refractivity (Wildman–Crippen MR) is 134 cm³/mol. The molecule has 0 radical (unpaired) electrons. The summed E-state index contributed by atoms with van der Waals surface area (Å²) in [6, 6.07) is 8.03. The van der Waals surface area contributed by atoms with Crippen LogP contribution >= 0.6 is 0 Å². The SMILES string of the molecule is CCCCCCCc1ncc(-c2ccc(OCC3=NCC(C4=CCCC=C4)CO3)cc2)cn1. The number of unbranched alkanes of at least 4 members (excludes halogenated alkanes) is 4.